The fourth-order valence-electron chi connectivity index (χ4n) is 3.82. The lowest BCUT2D eigenvalue weighted by atomic mass is 9.85. The molecule has 0 unspecified atom stereocenters. The van der Waals surface area contributed by atoms with Gasteiger partial charge in [0.15, 0.2) is 0 Å². The van der Waals surface area contributed by atoms with E-state index in [2.05, 4.69) is 5.32 Å². The third-order valence-electron chi connectivity index (χ3n) is 5.30. The third kappa shape index (κ3) is 3.23. The number of amides is 2. The van der Waals surface area contributed by atoms with Gasteiger partial charge in [-0.05, 0) is 44.0 Å². The van der Waals surface area contributed by atoms with Crippen LogP contribution in [0.3, 0.4) is 0 Å². The van der Waals surface area contributed by atoms with Gasteiger partial charge in [0.05, 0.1) is 11.6 Å². The average Bonchev–Trinajstić information content (AvgIpc) is 2.89. The number of halogens is 1. The largest absolute Gasteiger partial charge is 0.374 e. The zero-order chi connectivity index (χ0) is 17.3. The average molecular weight is 333 g/mol. The highest BCUT2D eigenvalue weighted by molar-refractivity contribution is 5.81. The number of carbonyl (C=O) groups is 2. The number of fused-ring (bicyclic) bond motifs is 1. The predicted molar refractivity (Wildman–Crippen MR) is 90.2 cm³/mol. The molecule has 24 heavy (non-hydrogen) atoms. The van der Waals surface area contributed by atoms with Crippen molar-refractivity contribution >= 4 is 17.5 Å². The Morgan fingerprint density at radius 2 is 2.12 bits per heavy atom. The van der Waals surface area contributed by atoms with Crippen molar-refractivity contribution in [3.05, 3.63) is 30.1 Å². The fourth-order valence-corrected chi connectivity index (χ4v) is 3.82. The number of likely N-dealkylation sites (tertiary alicyclic amines) is 1. The first kappa shape index (κ1) is 16.7. The number of carbonyl (C=O) groups excluding carboxylic acids is 2. The molecule has 2 saturated heterocycles. The summed E-state index contributed by atoms with van der Waals surface area (Å²) in [6, 6.07) is 6.36. The zero-order valence-corrected chi connectivity index (χ0v) is 14.2. The van der Waals surface area contributed by atoms with Crippen LogP contribution in [0.1, 0.15) is 32.6 Å². The number of hydrogen-bond acceptors (Lipinski definition) is 3. The molecular formula is C18H24FN3O2. The number of nitrogens with zero attached hydrogens (tertiary/aromatic N) is 2. The first-order chi connectivity index (χ1) is 11.4. The minimum Gasteiger partial charge on any atom is -0.374 e. The molecule has 2 atom stereocenters. The lowest BCUT2D eigenvalue weighted by Gasteiger charge is -2.39. The summed E-state index contributed by atoms with van der Waals surface area (Å²) in [5.41, 5.74) is 0.605. The SMILES string of the molecule is CN(CCC(=O)N1CC[C@]2(C)NC(=O)CC[C@H]12)c1ccc(F)cc1. The van der Waals surface area contributed by atoms with Crippen LogP contribution in [0.5, 0.6) is 0 Å². The van der Waals surface area contributed by atoms with Crippen molar-refractivity contribution in [2.75, 3.05) is 25.0 Å². The molecule has 0 aromatic heterocycles. The van der Waals surface area contributed by atoms with Crippen LogP contribution in [0, 0.1) is 5.82 Å². The molecule has 2 aliphatic heterocycles. The van der Waals surface area contributed by atoms with E-state index in [1.807, 2.05) is 23.8 Å². The molecule has 1 aromatic rings. The summed E-state index contributed by atoms with van der Waals surface area (Å²) in [5, 5.41) is 3.06. The topological polar surface area (TPSA) is 52.7 Å². The lowest BCUT2D eigenvalue weighted by Crippen LogP contribution is -2.59. The standard InChI is InChI=1S/C18H24FN3O2/c1-18-10-12-22(15(18)7-8-16(23)20-18)17(24)9-11-21(2)14-5-3-13(19)4-6-14/h3-6,15H,7-12H2,1-2H3,(H,20,23)/t15-,18-/m0/s1. The van der Waals surface area contributed by atoms with E-state index in [4.69, 9.17) is 0 Å². The quantitative estimate of drug-likeness (QED) is 0.916. The Balaban J connectivity index is 1.57. The molecule has 2 heterocycles. The van der Waals surface area contributed by atoms with Gasteiger partial charge in [0.2, 0.25) is 11.8 Å². The summed E-state index contributed by atoms with van der Waals surface area (Å²) in [5.74, 6) is -0.0631. The monoisotopic (exact) mass is 333 g/mol. The molecule has 0 radical (unpaired) electrons. The molecule has 2 aliphatic rings. The van der Waals surface area contributed by atoms with Gasteiger partial charge in [0.1, 0.15) is 5.82 Å². The van der Waals surface area contributed by atoms with Gasteiger partial charge < -0.3 is 15.1 Å². The maximum absolute atomic E-state index is 13.0. The summed E-state index contributed by atoms with van der Waals surface area (Å²) in [6.07, 6.45) is 2.44. The zero-order valence-electron chi connectivity index (χ0n) is 14.2. The Kier molecular flexibility index (Phi) is 4.47. The molecular weight excluding hydrogens is 309 g/mol. The molecule has 1 aromatic carbocycles. The van der Waals surface area contributed by atoms with Crippen molar-refractivity contribution in [3.8, 4) is 0 Å². The van der Waals surface area contributed by atoms with Gasteiger partial charge in [-0.3, -0.25) is 9.59 Å². The van der Waals surface area contributed by atoms with Crippen molar-refractivity contribution in [2.45, 2.75) is 44.2 Å². The highest BCUT2D eigenvalue weighted by Gasteiger charge is 2.48. The first-order valence-electron chi connectivity index (χ1n) is 8.46. The van der Waals surface area contributed by atoms with Crippen LogP contribution in [0.15, 0.2) is 24.3 Å². The second-order valence-corrected chi connectivity index (χ2v) is 7.01. The molecule has 0 saturated carbocycles. The highest BCUT2D eigenvalue weighted by Crippen LogP contribution is 2.34. The molecule has 5 nitrogen and oxygen atoms in total. The highest BCUT2D eigenvalue weighted by atomic mass is 19.1. The summed E-state index contributed by atoms with van der Waals surface area (Å²) in [6.45, 7) is 3.31. The number of piperidine rings is 1. The van der Waals surface area contributed by atoms with Crippen LogP contribution in [-0.2, 0) is 9.59 Å². The molecule has 0 spiro atoms. The van der Waals surface area contributed by atoms with E-state index < -0.39 is 0 Å². The lowest BCUT2D eigenvalue weighted by molar-refractivity contribution is -0.135. The van der Waals surface area contributed by atoms with E-state index in [0.29, 0.717) is 25.9 Å². The van der Waals surface area contributed by atoms with Gasteiger partial charge >= 0.3 is 0 Å². The normalized spacial score (nSPS) is 26.0. The predicted octanol–water partition coefficient (Wildman–Crippen LogP) is 1.92. The molecule has 6 heteroatoms. The summed E-state index contributed by atoms with van der Waals surface area (Å²) in [4.78, 5) is 28.2. The fraction of sp³-hybridized carbons (Fsp3) is 0.556. The Morgan fingerprint density at radius 1 is 1.42 bits per heavy atom. The van der Waals surface area contributed by atoms with Crippen molar-refractivity contribution in [2.24, 2.45) is 0 Å². The number of anilines is 1. The van der Waals surface area contributed by atoms with E-state index >= 15 is 0 Å². The molecule has 0 bridgehead atoms. The van der Waals surface area contributed by atoms with Gasteiger partial charge in [-0.25, -0.2) is 4.39 Å². The molecule has 0 aliphatic carbocycles. The first-order valence-corrected chi connectivity index (χ1v) is 8.46. The van der Waals surface area contributed by atoms with Crippen molar-refractivity contribution in [1.29, 1.82) is 0 Å². The van der Waals surface area contributed by atoms with Gasteiger partial charge in [0.25, 0.3) is 0 Å². The maximum Gasteiger partial charge on any atom is 0.224 e. The summed E-state index contributed by atoms with van der Waals surface area (Å²) in [7, 11) is 1.90. The molecule has 2 fully saturated rings. The second-order valence-electron chi connectivity index (χ2n) is 7.01. The molecule has 3 rings (SSSR count). The van der Waals surface area contributed by atoms with E-state index in [0.717, 1.165) is 18.5 Å². The van der Waals surface area contributed by atoms with Crippen molar-refractivity contribution < 1.29 is 14.0 Å². The van der Waals surface area contributed by atoms with Crippen LogP contribution in [0.2, 0.25) is 0 Å². The Labute approximate surface area is 141 Å². The number of rotatable bonds is 4. The van der Waals surface area contributed by atoms with Gasteiger partial charge in [0, 0.05) is 38.7 Å². The Morgan fingerprint density at radius 3 is 2.83 bits per heavy atom. The van der Waals surface area contributed by atoms with Gasteiger partial charge in [-0.2, -0.15) is 0 Å². The van der Waals surface area contributed by atoms with E-state index in [9.17, 15) is 14.0 Å². The van der Waals surface area contributed by atoms with Crippen molar-refractivity contribution in [3.63, 3.8) is 0 Å². The van der Waals surface area contributed by atoms with E-state index in [1.165, 1.54) is 12.1 Å². The van der Waals surface area contributed by atoms with Crippen LogP contribution in [0.25, 0.3) is 0 Å². The Hall–Kier alpha value is -2.11. The molecule has 130 valence electrons. The number of nitrogens with one attached hydrogen (secondary N) is 1. The van der Waals surface area contributed by atoms with E-state index in [1.54, 1.807) is 12.1 Å². The van der Waals surface area contributed by atoms with Crippen LogP contribution in [-0.4, -0.2) is 48.4 Å². The summed E-state index contributed by atoms with van der Waals surface area (Å²) >= 11 is 0. The van der Waals surface area contributed by atoms with E-state index in [-0.39, 0.29) is 29.2 Å². The third-order valence-corrected chi connectivity index (χ3v) is 5.30. The minimum absolute atomic E-state index is 0.0825. The number of hydrogen-bond donors (Lipinski definition) is 1. The van der Waals surface area contributed by atoms with Gasteiger partial charge in [-0.15, -0.1) is 0 Å². The number of benzene rings is 1. The Bertz CT molecular complexity index is 634. The van der Waals surface area contributed by atoms with Crippen LogP contribution >= 0.6 is 0 Å². The molecule has 2 amide bonds. The van der Waals surface area contributed by atoms with Crippen LogP contribution in [0.4, 0.5) is 10.1 Å². The van der Waals surface area contributed by atoms with Crippen molar-refractivity contribution in [1.82, 2.24) is 10.2 Å². The molecule has 1 N–H and O–H groups in total. The van der Waals surface area contributed by atoms with Crippen LogP contribution < -0.4 is 10.2 Å². The smallest absolute Gasteiger partial charge is 0.224 e. The van der Waals surface area contributed by atoms with Gasteiger partial charge in [-0.1, -0.05) is 0 Å². The minimum atomic E-state index is -0.284. The summed E-state index contributed by atoms with van der Waals surface area (Å²) < 4.78 is 13.0. The second kappa shape index (κ2) is 6.42. The maximum atomic E-state index is 13.0.